The number of rotatable bonds is 0. The monoisotopic (exact) mass is 318 g/mol. The maximum Gasteiger partial charge on any atom is 4.00 e. The number of allylic oxidation sites excluding steroid dienone is 4. The van der Waals surface area contributed by atoms with Gasteiger partial charge in [0.1, 0.15) is 0 Å². The van der Waals surface area contributed by atoms with Crippen molar-refractivity contribution in [1.82, 2.24) is 0 Å². The molecule has 0 saturated carbocycles. The maximum absolute atomic E-state index is 2.99. The summed E-state index contributed by atoms with van der Waals surface area (Å²) in [4.78, 5) is 0. The van der Waals surface area contributed by atoms with E-state index < -0.39 is 0 Å². The van der Waals surface area contributed by atoms with Gasteiger partial charge in [-0.05, 0) is 0 Å². The van der Waals surface area contributed by atoms with Gasteiger partial charge < -0.3 is 24.8 Å². The van der Waals surface area contributed by atoms with E-state index in [1.165, 1.54) is 11.1 Å². The molecule has 0 spiro atoms. The molecule has 15 heavy (non-hydrogen) atoms. The number of hydrogen-bond donors (Lipinski definition) is 0. The molecule has 3 heteroatoms. The Morgan fingerprint density at radius 2 is 2.00 bits per heavy atom. The van der Waals surface area contributed by atoms with Crippen molar-refractivity contribution in [3.05, 3.63) is 53.6 Å². The van der Waals surface area contributed by atoms with Crippen LogP contribution in [0.4, 0.5) is 0 Å². The first-order chi connectivity index (χ1) is 5.79. The maximum atomic E-state index is 2.99. The van der Waals surface area contributed by atoms with Crippen molar-refractivity contribution in [3.63, 3.8) is 0 Å². The fraction of sp³-hybridized carbons (Fsp3) is 0.250. The summed E-state index contributed by atoms with van der Waals surface area (Å²) in [7, 11) is 0. The average Bonchev–Trinajstić information content (AvgIpc) is 2.63. The zero-order valence-electron chi connectivity index (χ0n) is 8.93. The molecule has 0 radical (unpaired) electrons. The Hall–Kier alpha value is 0.293. The summed E-state index contributed by atoms with van der Waals surface area (Å²) in [6.07, 6.45) is 10.0. The van der Waals surface area contributed by atoms with E-state index in [9.17, 15) is 0 Å². The number of halogens is 2. The molecule has 0 saturated heterocycles. The predicted molar refractivity (Wildman–Crippen MR) is 53.1 cm³/mol. The van der Waals surface area contributed by atoms with Crippen LogP contribution >= 0.6 is 0 Å². The fourth-order valence-electron chi connectivity index (χ4n) is 1.06. The first-order valence-corrected chi connectivity index (χ1v) is 4.21. The van der Waals surface area contributed by atoms with E-state index in [0.717, 1.165) is 6.42 Å². The molecule has 1 aromatic rings. The van der Waals surface area contributed by atoms with Gasteiger partial charge in [-0.2, -0.15) is 23.8 Å². The van der Waals surface area contributed by atoms with E-state index in [0.29, 0.717) is 0 Å². The Labute approximate surface area is 124 Å². The fourth-order valence-corrected chi connectivity index (χ4v) is 1.06. The van der Waals surface area contributed by atoms with Crippen molar-refractivity contribution in [2.45, 2.75) is 20.3 Å². The Kier molecular flexibility index (Phi) is 17.0. The van der Waals surface area contributed by atoms with Crippen molar-refractivity contribution < 1.29 is 51.0 Å². The van der Waals surface area contributed by atoms with E-state index in [1.54, 1.807) is 0 Å². The van der Waals surface area contributed by atoms with Crippen molar-refractivity contribution >= 4 is 0 Å². The van der Waals surface area contributed by atoms with Crippen LogP contribution in [0.3, 0.4) is 0 Å². The van der Waals surface area contributed by atoms with Gasteiger partial charge >= 0.3 is 26.2 Å². The van der Waals surface area contributed by atoms with Crippen LogP contribution in [-0.2, 0) is 26.2 Å². The van der Waals surface area contributed by atoms with Gasteiger partial charge in [0.25, 0.3) is 0 Å². The summed E-state index contributed by atoms with van der Waals surface area (Å²) < 4.78 is 0. The summed E-state index contributed by atoms with van der Waals surface area (Å²) in [6.45, 7) is 4.21. The van der Waals surface area contributed by atoms with Crippen LogP contribution in [0.1, 0.15) is 17.5 Å². The van der Waals surface area contributed by atoms with Crippen molar-refractivity contribution in [2.75, 3.05) is 0 Å². The normalized spacial score (nSPS) is 10.3. The largest absolute Gasteiger partial charge is 4.00 e. The first kappa shape index (κ1) is 20.7. The molecule has 0 unspecified atom stereocenters. The summed E-state index contributed by atoms with van der Waals surface area (Å²) >= 11 is 0. The molecule has 1 aromatic carbocycles. The van der Waals surface area contributed by atoms with Crippen molar-refractivity contribution in [3.8, 4) is 0 Å². The number of hydrogen-bond acceptors (Lipinski definition) is 0. The van der Waals surface area contributed by atoms with Crippen molar-refractivity contribution in [2.24, 2.45) is 0 Å². The molecule has 0 aromatic heterocycles. The summed E-state index contributed by atoms with van der Waals surface area (Å²) in [5.74, 6) is 0. The van der Waals surface area contributed by atoms with Crippen LogP contribution in [0.25, 0.3) is 0 Å². The topological polar surface area (TPSA) is 0 Å². The predicted octanol–water partition coefficient (Wildman–Crippen LogP) is -2.67. The Morgan fingerprint density at radius 1 is 1.33 bits per heavy atom. The summed E-state index contributed by atoms with van der Waals surface area (Å²) in [5.41, 5.74) is 2.72. The second-order valence-corrected chi connectivity index (χ2v) is 2.97. The molecular formula is C12H14Cl2Zr. The smallest absolute Gasteiger partial charge is 1.00 e. The molecule has 0 fully saturated rings. The standard InChI is InChI=1S/C7H9.C5H5.2ClH.Zr/c1-6-3-4-7(2)5-6;1-2-4-5-3-1;;;/h3-5H,1-2H3;1-3H,4H2;2*1H;/q2*-1;;;+4/p-2. The SMILES string of the molecule is Cc1cc[c-](C)c1.[C-]1=CC=CC1.[Cl-].[Cl-].[Zr+4]. The second kappa shape index (κ2) is 12.4. The van der Waals surface area contributed by atoms with Gasteiger partial charge in [-0.3, -0.25) is 6.08 Å². The van der Waals surface area contributed by atoms with Gasteiger partial charge in [-0.25, -0.2) is 23.8 Å². The Bertz CT molecular complexity index is 261. The molecule has 0 N–H and O–H groups in total. The number of aryl methyl sites for hydroxylation is 2. The third kappa shape index (κ3) is 10.6. The molecule has 0 aliphatic heterocycles. The van der Waals surface area contributed by atoms with E-state index in [1.807, 2.05) is 12.2 Å². The van der Waals surface area contributed by atoms with Gasteiger partial charge in [0, 0.05) is 0 Å². The van der Waals surface area contributed by atoms with Crippen molar-refractivity contribution in [1.29, 1.82) is 0 Å². The zero-order chi connectivity index (χ0) is 8.81. The molecule has 0 amide bonds. The van der Waals surface area contributed by atoms with Gasteiger partial charge in [0.05, 0.1) is 0 Å². The third-order valence-electron chi connectivity index (χ3n) is 1.65. The summed E-state index contributed by atoms with van der Waals surface area (Å²) in [5, 5.41) is 0. The van der Waals surface area contributed by atoms with E-state index >= 15 is 0 Å². The van der Waals surface area contributed by atoms with Crippen LogP contribution < -0.4 is 24.8 Å². The van der Waals surface area contributed by atoms with Gasteiger partial charge in [-0.15, -0.1) is 6.42 Å². The van der Waals surface area contributed by atoms with Gasteiger partial charge in [0.2, 0.25) is 0 Å². The third-order valence-corrected chi connectivity index (χ3v) is 1.65. The zero-order valence-corrected chi connectivity index (χ0v) is 12.9. The molecule has 0 bridgehead atoms. The molecule has 0 nitrogen and oxygen atoms in total. The molecule has 2 rings (SSSR count). The summed E-state index contributed by atoms with van der Waals surface area (Å²) in [6, 6.07) is 6.41. The molecule has 80 valence electrons. The van der Waals surface area contributed by atoms with Gasteiger partial charge in [-0.1, -0.05) is 13.8 Å². The van der Waals surface area contributed by atoms with Crippen LogP contribution in [0.5, 0.6) is 0 Å². The van der Waals surface area contributed by atoms with E-state index in [2.05, 4.69) is 44.2 Å². The Morgan fingerprint density at radius 3 is 2.13 bits per heavy atom. The second-order valence-electron chi connectivity index (χ2n) is 2.97. The molecule has 0 atom stereocenters. The van der Waals surface area contributed by atoms with Crippen LogP contribution in [0, 0.1) is 19.9 Å². The average molecular weight is 320 g/mol. The van der Waals surface area contributed by atoms with Crippen LogP contribution in [0.2, 0.25) is 0 Å². The van der Waals surface area contributed by atoms with Crippen LogP contribution in [-0.4, -0.2) is 0 Å². The molecule has 1 aliphatic rings. The first-order valence-electron chi connectivity index (χ1n) is 4.21. The van der Waals surface area contributed by atoms with Gasteiger partial charge in [0.15, 0.2) is 0 Å². The molecular weight excluding hydrogens is 306 g/mol. The van der Waals surface area contributed by atoms with E-state index in [-0.39, 0.29) is 51.0 Å². The minimum Gasteiger partial charge on any atom is -1.00 e. The minimum absolute atomic E-state index is 0. The molecule has 0 heterocycles. The minimum atomic E-state index is 0. The molecule has 1 aliphatic carbocycles. The van der Waals surface area contributed by atoms with E-state index in [4.69, 9.17) is 0 Å². The van der Waals surface area contributed by atoms with Crippen LogP contribution in [0.15, 0.2) is 36.4 Å². The quantitative estimate of drug-likeness (QED) is 0.458. The Balaban J connectivity index is -0.000000165.